The van der Waals surface area contributed by atoms with E-state index in [1.165, 1.54) is 11.3 Å². The molecule has 1 N–H and O–H groups in total. The van der Waals surface area contributed by atoms with E-state index in [0.717, 1.165) is 46.9 Å². The number of thiazole rings is 1. The number of aromatic nitrogens is 3. The number of likely N-dealkylation sites (tertiary alicyclic amines) is 1. The van der Waals surface area contributed by atoms with E-state index in [-0.39, 0.29) is 11.9 Å². The first-order chi connectivity index (χ1) is 16.5. The van der Waals surface area contributed by atoms with E-state index in [0.29, 0.717) is 42.2 Å². The summed E-state index contributed by atoms with van der Waals surface area (Å²) in [4.78, 5) is 29.4. The first-order valence-corrected chi connectivity index (χ1v) is 13.1. The Morgan fingerprint density at radius 1 is 1.29 bits per heavy atom. The molecule has 1 aromatic carbocycles. The van der Waals surface area contributed by atoms with Gasteiger partial charge in [0.25, 0.3) is 5.91 Å². The van der Waals surface area contributed by atoms with Crippen LogP contribution in [0.5, 0.6) is 5.75 Å². The summed E-state index contributed by atoms with van der Waals surface area (Å²) in [5.41, 5.74) is 1.43. The molecule has 1 aliphatic rings. The molecule has 1 fully saturated rings. The largest absolute Gasteiger partial charge is 0.494 e. The second kappa shape index (κ2) is 11.8. The fourth-order valence-electron chi connectivity index (χ4n) is 3.95. The second-order valence-corrected chi connectivity index (χ2v) is 10.1. The van der Waals surface area contributed by atoms with Crippen LogP contribution in [0.1, 0.15) is 41.2 Å². The quantitative estimate of drug-likeness (QED) is 0.274. The lowest BCUT2D eigenvalue weighted by Gasteiger charge is -2.24. The smallest absolute Gasteiger partial charge is 0.274 e. The van der Waals surface area contributed by atoms with Gasteiger partial charge < -0.3 is 15.0 Å². The lowest BCUT2D eigenvalue weighted by atomic mass is 10.1. The third-order valence-corrected chi connectivity index (χ3v) is 7.07. The topological polar surface area (TPSA) is 80.2 Å². The Hall–Kier alpha value is -2.42. The Morgan fingerprint density at radius 3 is 2.91 bits per heavy atom. The van der Waals surface area contributed by atoms with Gasteiger partial charge in [-0.25, -0.2) is 15.0 Å². The van der Waals surface area contributed by atoms with Crippen molar-refractivity contribution in [2.75, 3.05) is 30.9 Å². The Labute approximate surface area is 213 Å². The predicted molar refractivity (Wildman–Crippen MR) is 137 cm³/mol. The molecule has 2 aromatic heterocycles. The van der Waals surface area contributed by atoms with E-state index in [1.807, 2.05) is 36.1 Å². The zero-order chi connectivity index (χ0) is 23.9. The molecule has 1 saturated heterocycles. The van der Waals surface area contributed by atoms with Gasteiger partial charge >= 0.3 is 0 Å². The summed E-state index contributed by atoms with van der Waals surface area (Å²) in [5.74, 6) is 1.86. The van der Waals surface area contributed by atoms with Gasteiger partial charge in [0, 0.05) is 25.0 Å². The van der Waals surface area contributed by atoms with Gasteiger partial charge in [-0.1, -0.05) is 23.7 Å². The molecule has 1 unspecified atom stereocenters. The van der Waals surface area contributed by atoms with Crippen molar-refractivity contribution in [1.29, 1.82) is 0 Å². The van der Waals surface area contributed by atoms with Crippen molar-refractivity contribution in [3.05, 3.63) is 52.4 Å². The first kappa shape index (κ1) is 24.7. The van der Waals surface area contributed by atoms with Gasteiger partial charge in [-0.05, 0) is 50.3 Å². The van der Waals surface area contributed by atoms with E-state index in [2.05, 4.69) is 20.3 Å². The first-order valence-electron chi connectivity index (χ1n) is 11.3. The molecule has 0 radical (unpaired) electrons. The zero-order valence-electron chi connectivity index (χ0n) is 19.0. The number of amides is 1. The van der Waals surface area contributed by atoms with Crippen LogP contribution in [0.4, 0.5) is 5.95 Å². The molecule has 0 aliphatic carbocycles. The minimum absolute atomic E-state index is 0.0400. The van der Waals surface area contributed by atoms with Crippen molar-refractivity contribution < 1.29 is 9.53 Å². The maximum atomic E-state index is 13.6. The predicted octanol–water partition coefficient (Wildman–Crippen LogP) is 5.68. The molecular formula is C24H27Cl2N5O2S. The summed E-state index contributed by atoms with van der Waals surface area (Å²) in [6, 6.07) is 7.89. The minimum atomic E-state index is -0.0471. The molecule has 0 bridgehead atoms. The third-order valence-electron chi connectivity index (χ3n) is 5.58. The number of unbranched alkanes of at least 4 members (excludes halogenated alkanes) is 1. The molecule has 0 spiro atoms. The average molecular weight is 520 g/mol. The molecule has 1 amide bonds. The number of hydrogen-bond acceptors (Lipinski definition) is 7. The van der Waals surface area contributed by atoms with Gasteiger partial charge in [-0.15, -0.1) is 22.9 Å². The molecule has 1 atom stereocenters. The molecule has 1 aliphatic heterocycles. The van der Waals surface area contributed by atoms with Gasteiger partial charge in [0.1, 0.15) is 11.4 Å². The van der Waals surface area contributed by atoms with Crippen molar-refractivity contribution >= 4 is 46.4 Å². The maximum absolute atomic E-state index is 13.6. The number of hydrogen-bond donors (Lipinski definition) is 1. The van der Waals surface area contributed by atoms with E-state index >= 15 is 0 Å². The molecular weight excluding hydrogens is 493 g/mol. The molecule has 180 valence electrons. The zero-order valence-corrected chi connectivity index (χ0v) is 21.3. The minimum Gasteiger partial charge on any atom is -0.494 e. The van der Waals surface area contributed by atoms with Crippen LogP contribution < -0.4 is 10.1 Å². The number of ether oxygens (including phenoxy) is 1. The summed E-state index contributed by atoms with van der Waals surface area (Å²) in [5, 5.41) is 4.56. The lowest BCUT2D eigenvalue weighted by molar-refractivity contribution is 0.0739. The van der Waals surface area contributed by atoms with Crippen molar-refractivity contribution in [3.8, 4) is 16.2 Å². The molecule has 34 heavy (non-hydrogen) atoms. The van der Waals surface area contributed by atoms with Crippen molar-refractivity contribution in [3.63, 3.8) is 0 Å². The number of nitrogens with one attached hydrogen (secondary N) is 1. The van der Waals surface area contributed by atoms with Gasteiger partial charge in [0.2, 0.25) is 5.95 Å². The van der Waals surface area contributed by atoms with Crippen molar-refractivity contribution in [1.82, 2.24) is 19.9 Å². The molecule has 10 heteroatoms. The van der Waals surface area contributed by atoms with E-state index < -0.39 is 0 Å². The van der Waals surface area contributed by atoms with Crippen molar-refractivity contribution in [2.45, 2.75) is 38.6 Å². The molecule has 3 heterocycles. The van der Waals surface area contributed by atoms with Gasteiger partial charge in [0.15, 0.2) is 0 Å². The van der Waals surface area contributed by atoms with Crippen LogP contribution in [0, 0.1) is 6.92 Å². The normalized spacial score (nSPS) is 15.5. The maximum Gasteiger partial charge on any atom is 0.274 e. The Bertz CT molecular complexity index is 1110. The van der Waals surface area contributed by atoms with Crippen molar-refractivity contribution in [2.24, 2.45) is 0 Å². The summed E-state index contributed by atoms with van der Waals surface area (Å²) in [7, 11) is 0. The lowest BCUT2D eigenvalue weighted by Crippen LogP contribution is -2.40. The molecule has 4 rings (SSSR count). The monoisotopic (exact) mass is 519 g/mol. The van der Waals surface area contributed by atoms with Crippen LogP contribution in [0.3, 0.4) is 0 Å². The highest BCUT2D eigenvalue weighted by molar-refractivity contribution is 7.15. The van der Waals surface area contributed by atoms with Crippen LogP contribution in [-0.2, 0) is 0 Å². The third kappa shape index (κ3) is 6.17. The number of rotatable bonds is 10. The molecule has 0 saturated carbocycles. The number of halogens is 2. The van der Waals surface area contributed by atoms with Crippen LogP contribution in [0.15, 0.2) is 36.7 Å². The number of carbonyl (C=O) groups excluding carboxylic acids is 1. The Morgan fingerprint density at radius 2 is 2.12 bits per heavy atom. The fraction of sp³-hybridized carbons (Fsp3) is 0.417. The highest BCUT2D eigenvalue weighted by Crippen LogP contribution is 2.34. The number of aryl methyl sites for hydroxylation is 1. The Balaban J connectivity index is 1.48. The number of anilines is 1. The fourth-order valence-corrected chi connectivity index (χ4v) is 5.14. The standard InChI is InChI=1S/C24H27Cl2N5O2S/c1-16-30-21(22(34-16)17-6-4-8-20(12-17)33-11-3-2-9-25)23(32)31-10-5-7-19(31)15-29-24-27-13-18(26)14-28-24/h4,6,8,12-14,19H,2-3,5,7,9-11,15H2,1H3,(H,27,28,29). The molecule has 3 aromatic rings. The van der Waals surface area contributed by atoms with Gasteiger partial charge in [-0.2, -0.15) is 0 Å². The number of alkyl halides is 1. The summed E-state index contributed by atoms with van der Waals surface area (Å²) in [6.45, 7) is 3.81. The van der Waals surface area contributed by atoms with Gasteiger partial charge in [-0.3, -0.25) is 4.79 Å². The molecule has 7 nitrogen and oxygen atoms in total. The summed E-state index contributed by atoms with van der Waals surface area (Å²) < 4.78 is 5.88. The number of carbonyl (C=O) groups is 1. The highest BCUT2D eigenvalue weighted by Gasteiger charge is 2.32. The average Bonchev–Trinajstić information content (AvgIpc) is 3.48. The summed E-state index contributed by atoms with van der Waals surface area (Å²) >= 11 is 13.1. The van der Waals surface area contributed by atoms with Crippen LogP contribution in [0.2, 0.25) is 5.02 Å². The van der Waals surface area contributed by atoms with E-state index in [4.69, 9.17) is 27.9 Å². The van der Waals surface area contributed by atoms with E-state index in [1.54, 1.807) is 12.4 Å². The Kier molecular flexibility index (Phi) is 8.59. The number of benzene rings is 1. The van der Waals surface area contributed by atoms with Crippen LogP contribution in [-0.4, -0.2) is 57.4 Å². The highest BCUT2D eigenvalue weighted by atomic mass is 35.5. The van der Waals surface area contributed by atoms with E-state index in [9.17, 15) is 4.79 Å². The summed E-state index contributed by atoms with van der Waals surface area (Å²) in [6.07, 6.45) is 6.79. The second-order valence-electron chi connectivity index (χ2n) is 8.08. The van der Waals surface area contributed by atoms with Gasteiger partial charge in [0.05, 0.1) is 33.9 Å². The van der Waals surface area contributed by atoms with Crippen LogP contribution in [0.25, 0.3) is 10.4 Å². The number of nitrogens with zero attached hydrogens (tertiary/aromatic N) is 4. The SMILES string of the molecule is Cc1nc(C(=O)N2CCCC2CNc2ncc(Cl)cn2)c(-c2cccc(OCCCCCl)c2)s1. The van der Waals surface area contributed by atoms with Crippen LogP contribution >= 0.6 is 34.5 Å².